The van der Waals surface area contributed by atoms with E-state index in [0.717, 1.165) is 4.90 Å². The van der Waals surface area contributed by atoms with E-state index in [1.165, 1.54) is 14.0 Å². The second kappa shape index (κ2) is 5.09. The summed E-state index contributed by atoms with van der Waals surface area (Å²) in [5.41, 5.74) is 1.14. The van der Waals surface area contributed by atoms with Crippen LogP contribution in [0.25, 0.3) is 0 Å². The third-order valence-electron chi connectivity index (χ3n) is 2.95. The summed E-state index contributed by atoms with van der Waals surface area (Å²) in [7, 11) is 1.50. The minimum Gasteiger partial charge on any atom is -0.496 e. The van der Waals surface area contributed by atoms with Crippen LogP contribution in [0.15, 0.2) is 18.2 Å². The average molecular weight is 262 g/mol. The first-order valence-corrected chi connectivity index (χ1v) is 5.79. The highest BCUT2D eigenvalue weighted by molar-refractivity contribution is 6.02. The number of benzene rings is 1. The molecule has 0 radical (unpaired) electrons. The van der Waals surface area contributed by atoms with Crippen molar-refractivity contribution in [2.24, 2.45) is 0 Å². The molecule has 1 aliphatic rings. The first-order chi connectivity index (χ1) is 9.02. The van der Waals surface area contributed by atoms with Gasteiger partial charge in [-0.05, 0) is 25.1 Å². The van der Waals surface area contributed by atoms with Crippen molar-refractivity contribution in [1.29, 1.82) is 0 Å². The van der Waals surface area contributed by atoms with Gasteiger partial charge in [0.05, 0.1) is 20.2 Å². The molecule has 0 atom stereocenters. The lowest BCUT2D eigenvalue weighted by Gasteiger charge is -2.15. The molecule has 1 aromatic rings. The Morgan fingerprint density at radius 2 is 2.16 bits per heavy atom. The minimum atomic E-state index is -0.430. The molecule has 6 nitrogen and oxygen atoms in total. The number of methoxy groups -OCH3 is 1. The van der Waals surface area contributed by atoms with Crippen LogP contribution in [-0.2, 0) is 11.3 Å². The number of carbonyl (C=O) groups is 3. The molecular weight excluding hydrogens is 248 g/mol. The average Bonchev–Trinajstić information content (AvgIpc) is 2.70. The fraction of sp³-hybridized carbons (Fsp3) is 0.308. The first-order valence-electron chi connectivity index (χ1n) is 5.79. The molecule has 1 N–H and O–H groups in total. The van der Waals surface area contributed by atoms with E-state index in [0.29, 0.717) is 16.9 Å². The summed E-state index contributed by atoms with van der Waals surface area (Å²) in [5, 5.41) is 2.44. The number of hydrogen-bond donors (Lipinski definition) is 1. The minimum absolute atomic E-state index is 0.00749. The molecule has 6 heteroatoms. The van der Waals surface area contributed by atoms with Gasteiger partial charge < -0.3 is 10.1 Å². The number of nitrogens with zero attached hydrogens (tertiary/aromatic N) is 1. The van der Waals surface area contributed by atoms with Gasteiger partial charge in [0.25, 0.3) is 0 Å². The van der Waals surface area contributed by atoms with E-state index in [1.807, 2.05) is 0 Å². The van der Waals surface area contributed by atoms with E-state index in [9.17, 15) is 14.4 Å². The Bertz CT molecular complexity index is 538. The quantitative estimate of drug-likeness (QED) is 0.647. The standard InChI is InChI=1S/C13H14N2O4/c1-8(16)9-3-4-11(19-2)10(5-9)7-15-12(17)6-14-13(15)18/h3-5H,6-7H2,1-2H3,(H,14,18). The molecule has 0 aliphatic carbocycles. The summed E-state index contributed by atoms with van der Waals surface area (Å²) >= 11 is 0. The summed E-state index contributed by atoms with van der Waals surface area (Å²) in [6.07, 6.45) is 0. The molecule has 1 aromatic carbocycles. The van der Waals surface area contributed by atoms with E-state index < -0.39 is 6.03 Å². The molecule has 2 rings (SSSR count). The molecule has 0 spiro atoms. The molecule has 1 heterocycles. The van der Waals surface area contributed by atoms with Gasteiger partial charge >= 0.3 is 6.03 Å². The van der Waals surface area contributed by atoms with Gasteiger partial charge in [-0.1, -0.05) is 0 Å². The second-order valence-electron chi connectivity index (χ2n) is 4.22. The highest BCUT2D eigenvalue weighted by Crippen LogP contribution is 2.22. The molecule has 0 aromatic heterocycles. The Kier molecular flexibility index (Phi) is 3.50. The second-order valence-corrected chi connectivity index (χ2v) is 4.22. The predicted octanol–water partition coefficient (Wildman–Crippen LogP) is 0.950. The highest BCUT2D eigenvalue weighted by Gasteiger charge is 2.29. The summed E-state index contributed by atoms with van der Waals surface area (Å²) in [4.78, 5) is 35.5. The van der Waals surface area contributed by atoms with Crippen LogP contribution in [0.3, 0.4) is 0 Å². The van der Waals surface area contributed by atoms with Gasteiger partial charge in [-0.25, -0.2) is 4.79 Å². The topological polar surface area (TPSA) is 75.7 Å². The number of ketones is 1. The van der Waals surface area contributed by atoms with Crippen LogP contribution >= 0.6 is 0 Å². The number of hydrogen-bond acceptors (Lipinski definition) is 4. The van der Waals surface area contributed by atoms with Crippen LogP contribution < -0.4 is 10.1 Å². The number of amides is 3. The maximum absolute atomic E-state index is 11.5. The third-order valence-corrected chi connectivity index (χ3v) is 2.95. The smallest absolute Gasteiger partial charge is 0.324 e. The predicted molar refractivity (Wildman–Crippen MR) is 66.9 cm³/mol. The monoisotopic (exact) mass is 262 g/mol. The first kappa shape index (κ1) is 13.1. The largest absolute Gasteiger partial charge is 0.496 e. The van der Waals surface area contributed by atoms with Crippen LogP contribution in [0.2, 0.25) is 0 Å². The van der Waals surface area contributed by atoms with Crippen LogP contribution in [0.5, 0.6) is 5.75 Å². The zero-order valence-corrected chi connectivity index (χ0v) is 10.7. The Labute approximate surface area is 110 Å². The van der Waals surface area contributed by atoms with Crippen molar-refractivity contribution < 1.29 is 19.1 Å². The zero-order valence-electron chi connectivity index (χ0n) is 10.7. The lowest BCUT2D eigenvalue weighted by molar-refractivity contribution is -0.125. The van der Waals surface area contributed by atoms with Crippen LogP contribution in [0.1, 0.15) is 22.8 Å². The number of Topliss-reactive ketones (excluding diaryl/α,β-unsaturated/α-hetero) is 1. The third kappa shape index (κ3) is 2.57. The van der Waals surface area contributed by atoms with Crippen molar-refractivity contribution in [1.82, 2.24) is 10.2 Å². The van der Waals surface area contributed by atoms with Crippen molar-refractivity contribution in [3.63, 3.8) is 0 Å². The summed E-state index contributed by atoms with van der Waals surface area (Å²) in [5.74, 6) is 0.166. The molecule has 1 fully saturated rings. The van der Waals surface area contributed by atoms with Gasteiger partial charge in [-0.3, -0.25) is 14.5 Å². The van der Waals surface area contributed by atoms with E-state index in [1.54, 1.807) is 18.2 Å². The number of ether oxygens (including phenoxy) is 1. The van der Waals surface area contributed by atoms with Crippen molar-refractivity contribution >= 4 is 17.7 Å². The lowest BCUT2D eigenvalue weighted by Crippen LogP contribution is -2.30. The van der Waals surface area contributed by atoms with Crippen LogP contribution in [-0.4, -0.2) is 36.3 Å². The molecule has 19 heavy (non-hydrogen) atoms. The van der Waals surface area contributed by atoms with Crippen LogP contribution in [0, 0.1) is 0 Å². The summed E-state index contributed by atoms with van der Waals surface area (Å²) in [6.45, 7) is 1.56. The van der Waals surface area contributed by atoms with Crippen LogP contribution in [0.4, 0.5) is 4.79 Å². The fourth-order valence-corrected chi connectivity index (χ4v) is 1.91. The lowest BCUT2D eigenvalue weighted by atomic mass is 10.1. The molecule has 0 saturated carbocycles. The SMILES string of the molecule is COc1ccc(C(C)=O)cc1CN1C(=O)CNC1=O. The van der Waals surface area contributed by atoms with Crippen molar-refractivity contribution in [2.75, 3.05) is 13.7 Å². The van der Waals surface area contributed by atoms with Gasteiger partial charge in [-0.15, -0.1) is 0 Å². The van der Waals surface area contributed by atoms with Gasteiger partial charge in [0.1, 0.15) is 5.75 Å². The maximum Gasteiger partial charge on any atom is 0.324 e. The van der Waals surface area contributed by atoms with Gasteiger partial charge in [0, 0.05) is 11.1 Å². The van der Waals surface area contributed by atoms with Crippen molar-refractivity contribution in [3.8, 4) is 5.75 Å². The Balaban J connectivity index is 2.32. The highest BCUT2D eigenvalue weighted by atomic mass is 16.5. The normalized spacial score (nSPS) is 14.5. The summed E-state index contributed by atoms with van der Waals surface area (Å²) < 4.78 is 5.18. The maximum atomic E-state index is 11.5. The molecule has 100 valence electrons. The van der Waals surface area contributed by atoms with Gasteiger partial charge in [0.2, 0.25) is 5.91 Å². The number of rotatable bonds is 4. The van der Waals surface area contributed by atoms with E-state index >= 15 is 0 Å². The molecular formula is C13H14N2O4. The van der Waals surface area contributed by atoms with E-state index in [2.05, 4.69) is 5.32 Å². The van der Waals surface area contributed by atoms with Gasteiger partial charge in [0.15, 0.2) is 5.78 Å². The Morgan fingerprint density at radius 3 is 2.68 bits per heavy atom. The number of imide groups is 1. The fourth-order valence-electron chi connectivity index (χ4n) is 1.91. The van der Waals surface area contributed by atoms with Crippen molar-refractivity contribution in [3.05, 3.63) is 29.3 Å². The number of carbonyl (C=O) groups excluding carboxylic acids is 3. The summed E-state index contributed by atoms with van der Waals surface area (Å²) in [6, 6.07) is 4.52. The van der Waals surface area contributed by atoms with Gasteiger partial charge in [-0.2, -0.15) is 0 Å². The Morgan fingerprint density at radius 1 is 1.42 bits per heavy atom. The molecule has 0 bridgehead atoms. The molecule has 0 unspecified atom stereocenters. The number of urea groups is 1. The number of nitrogens with one attached hydrogen (secondary N) is 1. The molecule has 1 saturated heterocycles. The van der Waals surface area contributed by atoms with E-state index in [-0.39, 0.29) is 24.8 Å². The molecule has 1 aliphatic heterocycles. The molecule has 3 amide bonds. The van der Waals surface area contributed by atoms with E-state index in [4.69, 9.17) is 4.74 Å². The zero-order chi connectivity index (χ0) is 14.0. The van der Waals surface area contributed by atoms with Crippen molar-refractivity contribution in [2.45, 2.75) is 13.5 Å². The Hall–Kier alpha value is -2.37.